The molecule has 138 valence electrons. The first-order valence-corrected chi connectivity index (χ1v) is 9.04. The van der Waals surface area contributed by atoms with Crippen molar-refractivity contribution in [3.63, 3.8) is 0 Å². The van der Waals surface area contributed by atoms with Crippen LogP contribution in [0.2, 0.25) is 5.02 Å². The summed E-state index contributed by atoms with van der Waals surface area (Å²) in [5.74, 6) is -1.55. The Labute approximate surface area is 153 Å². The molecule has 0 aromatic heterocycles. The van der Waals surface area contributed by atoms with E-state index in [-0.39, 0.29) is 29.2 Å². The Morgan fingerprint density at radius 1 is 1.19 bits per heavy atom. The van der Waals surface area contributed by atoms with Gasteiger partial charge in [0.2, 0.25) is 15.9 Å². The Balaban J connectivity index is 1.94. The smallest absolute Gasteiger partial charge is 0.271 e. The third-order valence-corrected chi connectivity index (χ3v) is 4.93. The Hall–Kier alpha value is -2.56. The van der Waals surface area contributed by atoms with Gasteiger partial charge in [0.15, 0.2) is 0 Å². The van der Waals surface area contributed by atoms with Gasteiger partial charge in [-0.2, -0.15) is 0 Å². The number of benzene rings is 2. The second kappa shape index (κ2) is 8.21. The first kappa shape index (κ1) is 19.8. The van der Waals surface area contributed by atoms with Crippen LogP contribution in [0.15, 0.2) is 47.4 Å². The third kappa shape index (κ3) is 5.22. The third-order valence-electron chi connectivity index (χ3n) is 3.20. The number of sulfonamides is 1. The van der Waals surface area contributed by atoms with Crippen molar-refractivity contribution >= 4 is 38.9 Å². The number of nitro groups is 1. The Morgan fingerprint density at radius 2 is 1.85 bits per heavy atom. The number of non-ortho nitro benzene ring substituents is 1. The normalized spacial score (nSPS) is 11.2. The van der Waals surface area contributed by atoms with Gasteiger partial charge in [-0.3, -0.25) is 14.9 Å². The van der Waals surface area contributed by atoms with Gasteiger partial charge >= 0.3 is 0 Å². The molecule has 0 heterocycles. The molecule has 0 spiro atoms. The first-order valence-electron chi connectivity index (χ1n) is 7.18. The van der Waals surface area contributed by atoms with Crippen LogP contribution in [0.25, 0.3) is 0 Å². The predicted molar refractivity (Wildman–Crippen MR) is 92.9 cm³/mol. The quantitative estimate of drug-likeness (QED) is 0.546. The van der Waals surface area contributed by atoms with Gasteiger partial charge in [-0.1, -0.05) is 11.6 Å². The van der Waals surface area contributed by atoms with Crippen molar-refractivity contribution in [2.45, 2.75) is 11.3 Å². The molecule has 0 radical (unpaired) electrons. The molecular weight excluding hydrogens is 389 g/mol. The van der Waals surface area contributed by atoms with E-state index in [1.165, 1.54) is 24.3 Å². The number of hydrogen-bond donors (Lipinski definition) is 2. The zero-order chi connectivity index (χ0) is 19.3. The molecule has 2 rings (SSSR count). The number of halogens is 2. The molecule has 0 bridgehead atoms. The van der Waals surface area contributed by atoms with Gasteiger partial charge in [-0.25, -0.2) is 17.5 Å². The van der Waals surface area contributed by atoms with E-state index in [9.17, 15) is 27.7 Å². The van der Waals surface area contributed by atoms with Crippen LogP contribution in [-0.2, 0) is 14.8 Å². The van der Waals surface area contributed by atoms with Crippen molar-refractivity contribution in [1.82, 2.24) is 4.72 Å². The van der Waals surface area contributed by atoms with Gasteiger partial charge in [0.1, 0.15) is 5.82 Å². The number of rotatable bonds is 7. The lowest BCUT2D eigenvalue weighted by Gasteiger charge is -2.08. The van der Waals surface area contributed by atoms with Crippen molar-refractivity contribution in [2.75, 3.05) is 11.9 Å². The van der Waals surface area contributed by atoms with Gasteiger partial charge in [0, 0.05) is 30.1 Å². The molecule has 0 atom stereocenters. The average Bonchev–Trinajstić information content (AvgIpc) is 2.57. The fourth-order valence-electron chi connectivity index (χ4n) is 1.93. The maximum absolute atomic E-state index is 13.6. The molecular formula is C15H13ClFN3O5S. The van der Waals surface area contributed by atoms with Crippen LogP contribution >= 0.6 is 11.6 Å². The zero-order valence-corrected chi connectivity index (χ0v) is 14.7. The van der Waals surface area contributed by atoms with Crippen molar-refractivity contribution in [3.05, 3.63) is 63.4 Å². The number of anilines is 1. The van der Waals surface area contributed by atoms with Crippen LogP contribution in [0.1, 0.15) is 6.42 Å². The molecule has 0 aliphatic rings. The van der Waals surface area contributed by atoms with Crippen LogP contribution in [-0.4, -0.2) is 25.8 Å². The van der Waals surface area contributed by atoms with E-state index in [0.29, 0.717) is 5.02 Å². The lowest BCUT2D eigenvalue weighted by Crippen LogP contribution is -2.28. The summed E-state index contributed by atoms with van der Waals surface area (Å²) >= 11 is 5.69. The Kier molecular flexibility index (Phi) is 6.24. The van der Waals surface area contributed by atoms with Crippen LogP contribution in [0.3, 0.4) is 0 Å². The summed E-state index contributed by atoms with van der Waals surface area (Å²) in [7, 11) is -3.82. The van der Waals surface area contributed by atoms with E-state index in [0.717, 1.165) is 18.2 Å². The molecule has 0 saturated heterocycles. The molecule has 8 nitrogen and oxygen atoms in total. The topological polar surface area (TPSA) is 118 Å². The number of amides is 1. The highest BCUT2D eigenvalue weighted by molar-refractivity contribution is 7.89. The van der Waals surface area contributed by atoms with Crippen LogP contribution in [0.4, 0.5) is 15.8 Å². The Bertz CT molecular complexity index is 935. The standard InChI is InChI=1S/C15H13ClFN3O5S/c16-10-1-4-12(5-2-10)26(24,25)18-8-7-15(21)19-14-9-11(20(22)23)3-6-13(14)17/h1-6,9,18H,7-8H2,(H,19,21). The number of nitrogens with one attached hydrogen (secondary N) is 2. The lowest BCUT2D eigenvalue weighted by molar-refractivity contribution is -0.384. The summed E-state index contributed by atoms with van der Waals surface area (Å²) in [5.41, 5.74) is -0.741. The molecule has 2 aromatic rings. The van der Waals surface area contributed by atoms with Crippen LogP contribution < -0.4 is 10.0 Å². The van der Waals surface area contributed by atoms with Gasteiger partial charge in [0.05, 0.1) is 15.5 Å². The van der Waals surface area contributed by atoms with Gasteiger partial charge < -0.3 is 5.32 Å². The van der Waals surface area contributed by atoms with Crippen molar-refractivity contribution in [3.8, 4) is 0 Å². The maximum atomic E-state index is 13.6. The van der Waals surface area contributed by atoms with Crippen molar-refractivity contribution < 1.29 is 22.5 Å². The summed E-state index contributed by atoms with van der Waals surface area (Å²) in [6.45, 7) is -0.243. The van der Waals surface area contributed by atoms with E-state index in [2.05, 4.69) is 10.0 Å². The Morgan fingerprint density at radius 3 is 2.46 bits per heavy atom. The van der Waals surface area contributed by atoms with E-state index in [1.807, 2.05) is 0 Å². The maximum Gasteiger partial charge on any atom is 0.271 e. The van der Waals surface area contributed by atoms with Crippen molar-refractivity contribution in [1.29, 1.82) is 0 Å². The molecule has 0 aliphatic heterocycles. The number of carbonyl (C=O) groups excluding carboxylic acids is 1. The monoisotopic (exact) mass is 401 g/mol. The second-order valence-corrected chi connectivity index (χ2v) is 7.27. The lowest BCUT2D eigenvalue weighted by atomic mass is 10.2. The van der Waals surface area contributed by atoms with Crippen molar-refractivity contribution in [2.24, 2.45) is 0 Å². The van der Waals surface area contributed by atoms with E-state index >= 15 is 0 Å². The highest BCUT2D eigenvalue weighted by Gasteiger charge is 2.16. The largest absolute Gasteiger partial charge is 0.323 e. The summed E-state index contributed by atoms with van der Waals surface area (Å²) in [6.07, 6.45) is -0.297. The molecule has 0 aliphatic carbocycles. The molecule has 0 fully saturated rings. The number of nitro benzene ring substituents is 1. The summed E-state index contributed by atoms with van der Waals surface area (Å²) in [5, 5.41) is 13.2. The number of nitrogens with zero attached hydrogens (tertiary/aromatic N) is 1. The number of hydrogen-bond acceptors (Lipinski definition) is 5. The molecule has 0 saturated carbocycles. The minimum Gasteiger partial charge on any atom is -0.323 e. The van der Waals surface area contributed by atoms with Gasteiger partial charge in [0.25, 0.3) is 5.69 Å². The van der Waals surface area contributed by atoms with E-state index in [1.54, 1.807) is 0 Å². The number of carbonyl (C=O) groups is 1. The van der Waals surface area contributed by atoms with E-state index < -0.39 is 26.7 Å². The molecule has 2 N–H and O–H groups in total. The fraction of sp³-hybridized carbons (Fsp3) is 0.133. The minimum atomic E-state index is -3.82. The van der Waals surface area contributed by atoms with Crippen LogP contribution in [0, 0.1) is 15.9 Å². The SMILES string of the molecule is O=C(CCNS(=O)(=O)c1ccc(Cl)cc1)Nc1cc([N+](=O)[O-])ccc1F. The molecule has 2 aromatic carbocycles. The highest BCUT2D eigenvalue weighted by atomic mass is 35.5. The average molecular weight is 402 g/mol. The first-order chi connectivity index (χ1) is 12.2. The van der Waals surface area contributed by atoms with Crippen LogP contribution in [0.5, 0.6) is 0 Å². The highest BCUT2D eigenvalue weighted by Crippen LogP contribution is 2.21. The zero-order valence-electron chi connectivity index (χ0n) is 13.1. The molecule has 26 heavy (non-hydrogen) atoms. The molecule has 1 amide bonds. The minimum absolute atomic E-state index is 0.0213. The fourth-order valence-corrected chi connectivity index (χ4v) is 3.09. The van der Waals surface area contributed by atoms with Gasteiger partial charge in [-0.15, -0.1) is 0 Å². The summed E-state index contributed by atoms with van der Waals surface area (Å²) in [6, 6.07) is 8.14. The van der Waals surface area contributed by atoms with Gasteiger partial charge in [-0.05, 0) is 30.3 Å². The molecule has 11 heteroatoms. The summed E-state index contributed by atoms with van der Waals surface area (Å²) in [4.78, 5) is 21.7. The molecule has 0 unspecified atom stereocenters. The second-order valence-electron chi connectivity index (χ2n) is 5.07. The predicted octanol–water partition coefficient (Wildman–Crippen LogP) is 2.69. The summed E-state index contributed by atoms with van der Waals surface area (Å²) < 4.78 is 39.9. The van der Waals surface area contributed by atoms with E-state index in [4.69, 9.17) is 11.6 Å².